The molecule has 1 fully saturated rings. The van der Waals surface area contributed by atoms with Gasteiger partial charge in [-0.1, -0.05) is 0 Å². The van der Waals surface area contributed by atoms with Crippen molar-refractivity contribution in [3.8, 4) is 17.2 Å². The fraction of sp³-hybridized carbons (Fsp3) is 0.500. The van der Waals surface area contributed by atoms with E-state index in [4.69, 9.17) is 14.2 Å². The first-order chi connectivity index (χ1) is 13.6. The summed E-state index contributed by atoms with van der Waals surface area (Å²) in [5.41, 5.74) is 1.75. The van der Waals surface area contributed by atoms with E-state index in [-0.39, 0.29) is 12.7 Å². The molecular weight excluding hydrogens is 360 g/mol. The van der Waals surface area contributed by atoms with Gasteiger partial charge in [0.1, 0.15) is 5.69 Å². The SMILES string of the molecule is COc1cc(CN2CCC(CNC(=O)c3ccnn3C)CC2)cc2c1OCO2. The lowest BCUT2D eigenvalue weighted by atomic mass is 9.96. The molecular formula is C20H26N4O4. The van der Waals surface area contributed by atoms with Gasteiger partial charge in [-0.2, -0.15) is 5.10 Å². The highest BCUT2D eigenvalue weighted by molar-refractivity contribution is 5.92. The molecule has 3 heterocycles. The van der Waals surface area contributed by atoms with Gasteiger partial charge < -0.3 is 19.5 Å². The van der Waals surface area contributed by atoms with Crippen molar-refractivity contribution >= 4 is 5.91 Å². The second-order valence-corrected chi connectivity index (χ2v) is 7.30. The number of likely N-dealkylation sites (tertiary alicyclic amines) is 1. The molecule has 0 atom stereocenters. The summed E-state index contributed by atoms with van der Waals surface area (Å²) < 4.78 is 18.0. The minimum atomic E-state index is -0.0603. The van der Waals surface area contributed by atoms with Crippen LogP contribution in [0.5, 0.6) is 17.2 Å². The molecule has 4 rings (SSSR count). The van der Waals surface area contributed by atoms with E-state index < -0.39 is 0 Å². The normalized spacial score (nSPS) is 16.9. The standard InChI is InChI=1S/C20H26N4O4/c1-23-16(3-6-22-23)20(25)21-11-14-4-7-24(8-5-14)12-15-9-17(26-2)19-18(10-15)27-13-28-19/h3,6,9-10,14H,4-5,7-8,11-13H2,1-2H3,(H,21,25). The van der Waals surface area contributed by atoms with Gasteiger partial charge >= 0.3 is 0 Å². The van der Waals surface area contributed by atoms with Gasteiger partial charge in [0.25, 0.3) is 5.91 Å². The zero-order valence-electron chi connectivity index (χ0n) is 16.3. The largest absolute Gasteiger partial charge is 0.493 e. The number of fused-ring (bicyclic) bond motifs is 1. The average Bonchev–Trinajstić information content (AvgIpc) is 3.35. The quantitative estimate of drug-likeness (QED) is 0.816. The van der Waals surface area contributed by atoms with Gasteiger partial charge in [0.15, 0.2) is 11.5 Å². The first kappa shape index (κ1) is 18.6. The summed E-state index contributed by atoms with van der Waals surface area (Å²) in [6, 6.07) is 5.79. The lowest BCUT2D eigenvalue weighted by molar-refractivity contribution is 0.0926. The van der Waals surface area contributed by atoms with E-state index in [1.807, 2.05) is 12.1 Å². The summed E-state index contributed by atoms with van der Waals surface area (Å²) in [4.78, 5) is 14.6. The first-order valence-corrected chi connectivity index (χ1v) is 9.59. The number of aromatic nitrogens is 2. The van der Waals surface area contributed by atoms with Crippen molar-refractivity contribution in [1.29, 1.82) is 0 Å². The first-order valence-electron chi connectivity index (χ1n) is 9.59. The Morgan fingerprint density at radius 3 is 2.86 bits per heavy atom. The lowest BCUT2D eigenvalue weighted by Gasteiger charge is -2.32. The zero-order chi connectivity index (χ0) is 19.5. The number of aryl methyl sites for hydroxylation is 1. The maximum atomic E-state index is 12.2. The molecule has 150 valence electrons. The minimum absolute atomic E-state index is 0.0603. The van der Waals surface area contributed by atoms with Gasteiger partial charge in [-0.15, -0.1) is 0 Å². The maximum absolute atomic E-state index is 12.2. The van der Waals surface area contributed by atoms with Crippen LogP contribution >= 0.6 is 0 Å². The van der Waals surface area contributed by atoms with Crippen molar-refractivity contribution in [3.63, 3.8) is 0 Å². The molecule has 2 aromatic rings. The van der Waals surface area contributed by atoms with Crippen LogP contribution in [0.3, 0.4) is 0 Å². The second kappa shape index (κ2) is 8.10. The van der Waals surface area contributed by atoms with E-state index >= 15 is 0 Å². The van der Waals surface area contributed by atoms with E-state index in [1.54, 1.807) is 31.1 Å². The Morgan fingerprint density at radius 1 is 1.32 bits per heavy atom. The van der Waals surface area contributed by atoms with E-state index in [1.165, 1.54) is 0 Å². The van der Waals surface area contributed by atoms with Crippen LogP contribution in [0.2, 0.25) is 0 Å². The third kappa shape index (κ3) is 3.91. The van der Waals surface area contributed by atoms with Gasteiger partial charge in [-0.3, -0.25) is 14.4 Å². The van der Waals surface area contributed by atoms with Crippen LogP contribution in [0.15, 0.2) is 24.4 Å². The lowest BCUT2D eigenvalue weighted by Crippen LogP contribution is -2.38. The molecule has 0 radical (unpaired) electrons. The van der Waals surface area contributed by atoms with Gasteiger partial charge in [0.2, 0.25) is 12.5 Å². The van der Waals surface area contributed by atoms with E-state index in [0.29, 0.717) is 23.9 Å². The molecule has 1 saturated heterocycles. The van der Waals surface area contributed by atoms with Crippen LogP contribution in [0.25, 0.3) is 0 Å². The monoisotopic (exact) mass is 386 g/mol. The molecule has 0 aliphatic carbocycles. The smallest absolute Gasteiger partial charge is 0.269 e. The van der Waals surface area contributed by atoms with E-state index in [9.17, 15) is 4.79 Å². The van der Waals surface area contributed by atoms with Crippen molar-refractivity contribution < 1.29 is 19.0 Å². The number of piperidine rings is 1. The summed E-state index contributed by atoms with van der Waals surface area (Å²) in [5, 5.41) is 7.08. The zero-order valence-corrected chi connectivity index (χ0v) is 16.3. The van der Waals surface area contributed by atoms with Gasteiger partial charge in [-0.25, -0.2) is 0 Å². The Balaban J connectivity index is 1.27. The molecule has 2 aliphatic heterocycles. The summed E-state index contributed by atoms with van der Waals surface area (Å²) in [6.07, 6.45) is 3.76. The molecule has 0 spiro atoms. The summed E-state index contributed by atoms with van der Waals surface area (Å²) >= 11 is 0. The number of hydrogen-bond donors (Lipinski definition) is 1. The van der Waals surface area contributed by atoms with Crippen LogP contribution < -0.4 is 19.5 Å². The number of methoxy groups -OCH3 is 1. The molecule has 28 heavy (non-hydrogen) atoms. The molecule has 1 amide bonds. The number of nitrogens with zero attached hydrogens (tertiary/aromatic N) is 3. The van der Waals surface area contributed by atoms with Crippen molar-refractivity contribution in [2.75, 3.05) is 33.5 Å². The van der Waals surface area contributed by atoms with E-state index in [2.05, 4.69) is 15.3 Å². The Kier molecular flexibility index (Phi) is 5.38. The third-order valence-corrected chi connectivity index (χ3v) is 5.44. The Hall–Kier alpha value is -2.74. The second-order valence-electron chi connectivity index (χ2n) is 7.30. The molecule has 1 aromatic carbocycles. The summed E-state index contributed by atoms with van der Waals surface area (Å²) in [5.74, 6) is 2.60. The van der Waals surface area contributed by atoms with Gasteiger partial charge in [0.05, 0.1) is 7.11 Å². The number of benzene rings is 1. The predicted molar refractivity (Wildman–Crippen MR) is 103 cm³/mol. The number of ether oxygens (including phenoxy) is 3. The van der Waals surface area contributed by atoms with E-state index in [0.717, 1.165) is 49.5 Å². The molecule has 0 unspecified atom stereocenters. The third-order valence-electron chi connectivity index (χ3n) is 5.44. The Morgan fingerprint density at radius 2 is 2.14 bits per heavy atom. The Labute approximate surface area is 164 Å². The van der Waals surface area contributed by atoms with Gasteiger partial charge in [-0.05, 0) is 55.6 Å². The molecule has 8 nitrogen and oxygen atoms in total. The predicted octanol–water partition coefficient (Wildman–Crippen LogP) is 1.80. The van der Waals surface area contributed by atoms with Crippen molar-refractivity contribution in [2.24, 2.45) is 13.0 Å². The molecule has 2 aliphatic rings. The van der Waals surface area contributed by atoms with Crippen molar-refractivity contribution in [2.45, 2.75) is 19.4 Å². The Bertz CT molecular complexity index is 843. The summed E-state index contributed by atoms with van der Waals surface area (Å²) in [7, 11) is 3.42. The fourth-order valence-electron chi connectivity index (χ4n) is 3.81. The maximum Gasteiger partial charge on any atom is 0.269 e. The fourth-order valence-corrected chi connectivity index (χ4v) is 3.81. The average molecular weight is 386 g/mol. The number of nitrogens with one attached hydrogen (secondary N) is 1. The highest BCUT2D eigenvalue weighted by atomic mass is 16.7. The van der Waals surface area contributed by atoms with Crippen LogP contribution in [0.1, 0.15) is 28.9 Å². The van der Waals surface area contributed by atoms with Crippen LogP contribution in [0.4, 0.5) is 0 Å². The van der Waals surface area contributed by atoms with Crippen molar-refractivity contribution in [1.82, 2.24) is 20.0 Å². The number of rotatable bonds is 6. The number of hydrogen-bond acceptors (Lipinski definition) is 6. The highest BCUT2D eigenvalue weighted by Gasteiger charge is 2.23. The van der Waals surface area contributed by atoms with Crippen LogP contribution in [-0.4, -0.2) is 54.1 Å². The molecule has 0 saturated carbocycles. The van der Waals surface area contributed by atoms with Crippen LogP contribution in [-0.2, 0) is 13.6 Å². The minimum Gasteiger partial charge on any atom is -0.493 e. The number of carbonyl (C=O) groups excluding carboxylic acids is 1. The molecule has 8 heteroatoms. The molecule has 0 bridgehead atoms. The number of carbonyl (C=O) groups is 1. The summed E-state index contributed by atoms with van der Waals surface area (Å²) in [6.45, 7) is 3.80. The molecule has 1 aromatic heterocycles. The highest BCUT2D eigenvalue weighted by Crippen LogP contribution is 2.42. The number of amides is 1. The van der Waals surface area contributed by atoms with Crippen molar-refractivity contribution in [3.05, 3.63) is 35.7 Å². The van der Waals surface area contributed by atoms with Gasteiger partial charge in [0, 0.05) is 26.3 Å². The van der Waals surface area contributed by atoms with Crippen LogP contribution in [0, 0.1) is 5.92 Å². The molecule has 1 N–H and O–H groups in total. The topological polar surface area (TPSA) is 77.9 Å².